The summed E-state index contributed by atoms with van der Waals surface area (Å²) in [6, 6.07) is 9.28. The summed E-state index contributed by atoms with van der Waals surface area (Å²) < 4.78 is 5.19. The number of nitro groups is 1. The van der Waals surface area contributed by atoms with E-state index in [-0.39, 0.29) is 10.7 Å². The lowest BCUT2D eigenvalue weighted by Crippen LogP contribution is -1.95. The van der Waals surface area contributed by atoms with Gasteiger partial charge in [-0.1, -0.05) is 34.1 Å². The van der Waals surface area contributed by atoms with E-state index < -0.39 is 4.92 Å². The number of furan rings is 1. The summed E-state index contributed by atoms with van der Waals surface area (Å²) >= 11 is 3.51. The Morgan fingerprint density at radius 3 is 2.58 bits per heavy atom. The Labute approximate surface area is 119 Å². The van der Waals surface area contributed by atoms with Gasteiger partial charge in [0.05, 0.1) is 10.9 Å². The number of benzene rings is 1. The number of alkyl halides is 1. The van der Waals surface area contributed by atoms with E-state index in [1.807, 2.05) is 0 Å². The third-order valence-corrected chi connectivity index (χ3v) is 3.86. The van der Waals surface area contributed by atoms with Gasteiger partial charge < -0.3 is 4.42 Å². The molecule has 0 bridgehead atoms. The van der Waals surface area contributed by atoms with Gasteiger partial charge in [-0.25, -0.2) is 0 Å². The highest BCUT2D eigenvalue weighted by molar-refractivity contribution is 9.09. The van der Waals surface area contributed by atoms with Crippen molar-refractivity contribution < 1.29 is 9.34 Å². The highest BCUT2D eigenvalue weighted by Crippen LogP contribution is 2.31. The van der Waals surface area contributed by atoms with Crippen molar-refractivity contribution in [2.75, 3.05) is 0 Å². The van der Waals surface area contributed by atoms with Crippen LogP contribution in [0.5, 0.6) is 0 Å². The molecule has 0 aliphatic heterocycles. The van der Waals surface area contributed by atoms with Crippen LogP contribution in [0.2, 0.25) is 0 Å². The van der Waals surface area contributed by atoms with Gasteiger partial charge >= 0.3 is 5.88 Å². The second-order valence-corrected chi connectivity index (χ2v) is 5.63. The Balaban J connectivity index is 2.13. The minimum absolute atomic E-state index is 0.0664. The Bertz CT molecular complexity index is 606. The molecule has 0 amide bonds. The van der Waals surface area contributed by atoms with Crippen LogP contribution in [0.3, 0.4) is 0 Å². The Morgan fingerprint density at radius 1 is 1.26 bits per heavy atom. The molecule has 1 unspecified atom stereocenters. The number of halogens is 1. The van der Waals surface area contributed by atoms with Crippen molar-refractivity contribution in [3.8, 4) is 0 Å². The van der Waals surface area contributed by atoms with E-state index in [1.54, 1.807) is 6.07 Å². The van der Waals surface area contributed by atoms with Gasteiger partial charge in [-0.3, -0.25) is 10.1 Å². The van der Waals surface area contributed by atoms with E-state index in [4.69, 9.17) is 4.42 Å². The summed E-state index contributed by atoms with van der Waals surface area (Å²) in [6.07, 6.45) is 0.728. The zero-order valence-corrected chi connectivity index (χ0v) is 12.3. The molecule has 2 aromatic rings. The smallest absolute Gasteiger partial charge is 0.405 e. The quantitative estimate of drug-likeness (QED) is 0.473. The fraction of sp³-hybridized carbons (Fsp3) is 0.286. The predicted molar refractivity (Wildman–Crippen MR) is 76.7 cm³/mol. The normalized spacial score (nSPS) is 12.4. The van der Waals surface area contributed by atoms with Crippen molar-refractivity contribution >= 4 is 21.8 Å². The summed E-state index contributed by atoms with van der Waals surface area (Å²) in [4.78, 5) is 9.98. The molecule has 1 heterocycles. The van der Waals surface area contributed by atoms with E-state index in [9.17, 15) is 10.1 Å². The zero-order chi connectivity index (χ0) is 14.0. The first-order valence-electron chi connectivity index (χ1n) is 5.91. The van der Waals surface area contributed by atoms with Crippen molar-refractivity contribution in [2.24, 2.45) is 0 Å². The lowest BCUT2D eigenvalue weighted by molar-refractivity contribution is -0.402. The molecule has 19 heavy (non-hydrogen) atoms. The average molecular weight is 324 g/mol. The molecular weight excluding hydrogens is 310 g/mol. The third-order valence-electron chi connectivity index (χ3n) is 3.09. The van der Waals surface area contributed by atoms with Crippen LogP contribution in [-0.4, -0.2) is 4.92 Å². The van der Waals surface area contributed by atoms with Crippen molar-refractivity contribution in [1.82, 2.24) is 0 Å². The lowest BCUT2D eigenvalue weighted by atomic mass is 10.0. The fourth-order valence-electron chi connectivity index (χ4n) is 1.85. The molecule has 1 aromatic carbocycles. The van der Waals surface area contributed by atoms with Crippen molar-refractivity contribution in [3.05, 3.63) is 62.9 Å². The van der Waals surface area contributed by atoms with E-state index in [2.05, 4.69) is 48.0 Å². The van der Waals surface area contributed by atoms with Crippen LogP contribution in [0.1, 0.15) is 27.3 Å². The highest BCUT2D eigenvalue weighted by Gasteiger charge is 2.18. The van der Waals surface area contributed by atoms with Gasteiger partial charge in [0.2, 0.25) is 0 Å². The minimum atomic E-state index is -0.529. The number of hydrogen-bond acceptors (Lipinski definition) is 3. The van der Waals surface area contributed by atoms with Gasteiger partial charge in [0.15, 0.2) is 0 Å². The molecular formula is C14H14BrNO3. The molecule has 1 atom stereocenters. The highest BCUT2D eigenvalue weighted by atomic mass is 79.9. The molecule has 4 nitrogen and oxygen atoms in total. The van der Waals surface area contributed by atoms with E-state index >= 15 is 0 Å². The molecule has 0 aliphatic carbocycles. The topological polar surface area (TPSA) is 56.3 Å². The monoisotopic (exact) mass is 323 g/mol. The zero-order valence-electron chi connectivity index (χ0n) is 10.7. The van der Waals surface area contributed by atoms with Crippen LogP contribution in [-0.2, 0) is 6.42 Å². The van der Waals surface area contributed by atoms with Crippen molar-refractivity contribution in [3.63, 3.8) is 0 Å². The summed E-state index contributed by atoms with van der Waals surface area (Å²) in [5, 5.41) is 10.6. The third kappa shape index (κ3) is 3.23. The molecule has 5 heteroatoms. The van der Waals surface area contributed by atoms with Gasteiger partial charge in [0, 0.05) is 0 Å². The summed E-state index contributed by atoms with van der Waals surface area (Å²) in [5.74, 6) is 0.351. The van der Waals surface area contributed by atoms with Crippen molar-refractivity contribution in [1.29, 1.82) is 0 Å². The molecule has 0 saturated carbocycles. The minimum Gasteiger partial charge on any atom is -0.405 e. The predicted octanol–water partition coefficient (Wildman–Crippen LogP) is 4.48. The molecule has 0 spiro atoms. The summed E-state index contributed by atoms with van der Waals surface area (Å²) in [5.41, 5.74) is 3.66. The second kappa shape index (κ2) is 5.57. The van der Waals surface area contributed by atoms with E-state index in [1.165, 1.54) is 22.8 Å². The van der Waals surface area contributed by atoms with Gasteiger partial charge in [-0.05, 0) is 43.0 Å². The first kappa shape index (κ1) is 13.8. The largest absolute Gasteiger partial charge is 0.433 e. The SMILES string of the molecule is Cc1ccc(CC(Br)c2ccc([N+](=O)[O-])o2)cc1C. The molecule has 0 radical (unpaired) electrons. The van der Waals surface area contributed by atoms with Crippen LogP contribution < -0.4 is 0 Å². The maximum atomic E-state index is 10.6. The van der Waals surface area contributed by atoms with Gasteiger partial charge in [0.1, 0.15) is 10.7 Å². The second-order valence-electron chi connectivity index (χ2n) is 4.52. The van der Waals surface area contributed by atoms with Crippen molar-refractivity contribution in [2.45, 2.75) is 25.1 Å². The Morgan fingerprint density at radius 2 is 2.00 bits per heavy atom. The first-order chi connectivity index (χ1) is 8.97. The molecule has 0 saturated heterocycles. The number of aryl methyl sites for hydroxylation is 2. The maximum Gasteiger partial charge on any atom is 0.433 e. The summed E-state index contributed by atoms with van der Waals surface area (Å²) in [6.45, 7) is 4.14. The van der Waals surface area contributed by atoms with Crippen LogP contribution in [0, 0.1) is 24.0 Å². The van der Waals surface area contributed by atoms with Gasteiger partial charge in [-0.15, -0.1) is 0 Å². The first-order valence-corrected chi connectivity index (χ1v) is 6.83. The number of nitrogens with zero attached hydrogens (tertiary/aromatic N) is 1. The standard InChI is InChI=1S/C14H14BrNO3/c1-9-3-4-11(7-10(9)2)8-12(15)13-5-6-14(19-13)16(17)18/h3-7,12H,8H2,1-2H3. The number of rotatable bonds is 4. The molecule has 0 N–H and O–H groups in total. The van der Waals surface area contributed by atoms with E-state index in [0.29, 0.717) is 5.76 Å². The molecule has 100 valence electrons. The van der Waals surface area contributed by atoms with Crippen LogP contribution in [0.4, 0.5) is 5.88 Å². The van der Waals surface area contributed by atoms with E-state index in [0.717, 1.165) is 6.42 Å². The van der Waals surface area contributed by atoms with Gasteiger partial charge in [0.25, 0.3) is 0 Å². The maximum absolute atomic E-state index is 10.6. The number of hydrogen-bond donors (Lipinski definition) is 0. The van der Waals surface area contributed by atoms with Crippen LogP contribution >= 0.6 is 15.9 Å². The fourth-order valence-corrected chi connectivity index (χ4v) is 2.47. The molecule has 0 aliphatic rings. The van der Waals surface area contributed by atoms with Gasteiger partial charge in [-0.2, -0.15) is 0 Å². The molecule has 0 fully saturated rings. The lowest BCUT2D eigenvalue weighted by Gasteiger charge is -2.08. The molecule has 1 aromatic heterocycles. The Hall–Kier alpha value is -1.62. The molecule has 2 rings (SSSR count). The summed E-state index contributed by atoms with van der Waals surface area (Å²) in [7, 11) is 0. The Kier molecular flexibility index (Phi) is 4.04. The average Bonchev–Trinajstić information content (AvgIpc) is 2.83. The van der Waals surface area contributed by atoms with Crippen LogP contribution in [0.15, 0.2) is 34.7 Å². The van der Waals surface area contributed by atoms with Crippen LogP contribution in [0.25, 0.3) is 0 Å².